The smallest absolute Gasteiger partial charge is 0.0468 e. The van der Waals surface area contributed by atoms with Gasteiger partial charge in [-0.3, -0.25) is 0 Å². The van der Waals surface area contributed by atoms with Crippen LogP contribution in [0.15, 0.2) is 176 Å². The second-order valence-corrected chi connectivity index (χ2v) is 12.9. The second-order valence-electron chi connectivity index (χ2n) is 11.8. The Hall–Kier alpha value is -5.70. The molecule has 0 radical (unpaired) electrons. The third-order valence-electron chi connectivity index (χ3n) is 9.02. The van der Waals surface area contributed by atoms with Gasteiger partial charge in [-0.05, 0) is 104 Å². The summed E-state index contributed by atoms with van der Waals surface area (Å²) in [6.45, 7) is 0. The van der Waals surface area contributed by atoms with Crippen molar-refractivity contribution in [3.63, 3.8) is 0 Å². The fourth-order valence-corrected chi connectivity index (χ4v) is 7.74. The highest BCUT2D eigenvalue weighted by Crippen LogP contribution is 2.41. The molecule has 2 heteroatoms. The van der Waals surface area contributed by atoms with Crippen molar-refractivity contribution >= 4 is 70.1 Å². The Morgan fingerprint density at radius 2 is 0.826 bits per heavy atom. The maximum absolute atomic E-state index is 2.37. The van der Waals surface area contributed by atoms with Crippen LogP contribution in [0.1, 0.15) is 0 Å². The summed E-state index contributed by atoms with van der Waals surface area (Å²) in [7, 11) is 0. The van der Waals surface area contributed by atoms with Gasteiger partial charge in [0.15, 0.2) is 0 Å². The van der Waals surface area contributed by atoms with E-state index < -0.39 is 0 Å². The van der Waals surface area contributed by atoms with Crippen molar-refractivity contribution in [2.24, 2.45) is 0 Å². The Labute approximate surface area is 272 Å². The van der Waals surface area contributed by atoms with Gasteiger partial charge in [0.2, 0.25) is 0 Å². The lowest BCUT2D eigenvalue weighted by molar-refractivity contribution is 1.30. The van der Waals surface area contributed by atoms with Crippen molar-refractivity contribution in [3.8, 4) is 22.3 Å². The Morgan fingerprint density at radius 3 is 1.61 bits per heavy atom. The van der Waals surface area contributed by atoms with Gasteiger partial charge in [-0.15, -0.1) is 11.3 Å². The molecule has 0 aliphatic carbocycles. The van der Waals surface area contributed by atoms with Crippen LogP contribution in [-0.2, 0) is 0 Å². The second kappa shape index (κ2) is 11.0. The first-order chi connectivity index (χ1) is 22.8. The van der Waals surface area contributed by atoms with E-state index in [9.17, 15) is 0 Å². The molecule has 1 aromatic heterocycles. The SMILES string of the molecule is c1ccc(N(c2ccc3cc(-c4ccc(-c5ccc6ccccc6c5)cc4)ccc3c2)c2ccc3sc4ccccc4c3c2)cc1. The van der Waals surface area contributed by atoms with Crippen LogP contribution >= 0.6 is 11.3 Å². The summed E-state index contributed by atoms with van der Waals surface area (Å²) in [4.78, 5) is 2.37. The summed E-state index contributed by atoms with van der Waals surface area (Å²) in [5.74, 6) is 0. The molecule has 1 nitrogen and oxygen atoms in total. The quantitative estimate of drug-likeness (QED) is 0.189. The van der Waals surface area contributed by atoms with Crippen LogP contribution in [0.2, 0.25) is 0 Å². The molecule has 0 atom stereocenters. The van der Waals surface area contributed by atoms with Gasteiger partial charge in [0.05, 0.1) is 0 Å². The van der Waals surface area contributed by atoms with E-state index in [2.05, 4.69) is 181 Å². The molecule has 0 aliphatic heterocycles. The van der Waals surface area contributed by atoms with Crippen LogP contribution in [0, 0.1) is 0 Å². The molecule has 0 aliphatic rings. The van der Waals surface area contributed by atoms with E-state index in [1.54, 1.807) is 0 Å². The van der Waals surface area contributed by atoms with Gasteiger partial charge < -0.3 is 4.90 Å². The largest absolute Gasteiger partial charge is 0.310 e. The van der Waals surface area contributed by atoms with Gasteiger partial charge in [-0.1, -0.05) is 115 Å². The lowest BCUT2D eigenvalue weighted by Gasteiger charge is -2.26. The lowest BCUT2D eigenvalue weighted by atomic mass is 9.97. The molecule has 0 unspecified atom stereocenters. The van der Waals surface area contributed by atoms with Crippen LogP contribution in [0.3, 0.4) is 0 Å². The molecule has 0 amide bonds. The highest BCUT2D eigenvalue weighted by atomic mass is 32.1. The Kier molecular flexibility index (Phi) is 6.40. The van der Waals surface area contributed by atoms with Crippen molar-refractivity contribution < 1.29 is 0 Å². The van der Waals surface area contributed by atoms with Crippen molar-refractivity contribution in [1.29, 1.82) is 0 Å². The molecule has 1 heterocycles. The summed E-state index contributed by atoms with van der Waals surface area (Å²) < 4.78 is 2.64. The van der Waals surface area contributed by atoms with E-state index in [1.807, 2.05) is 11.3 Å². The van der Waals surface area contributed by atoms with Gasteiger partial charge in [0.1, 0.15) is 0 Å². The van der Waals surface area contributed by atoms with Gasteiger partial charge in [-0.2, -0.15) is 0 Å². The van der Waals surface area contributed by atoms with Crippen molar-refractivity contribution in [3.05, 3.63) is 176 Å². The van der Waals surface area contributed by atoms with E-state index in [4.69, 9.17) is 0 Å². The summed E-state index contributed by atoms with van der Waals surface area (Å²) in [6.07, 6.45) is 0. The molecule has 0 saturated carbocycles. The van der Waals surface area contributed by atoms with Crippen molar-refractivity contribution in [2.45, 2.75) is 0 Å². The topological polar surface area (TPSA) is 3.24 Å². The average Bonchev–Trinajstić information content (AvgIpc) is 3.50. The molecule has 9 rings (SSSR count). The summed E-state index contributed by atoms with van der Waals surface area (Å²) in [5.41, 5.74) is 8.36. The molecular weight excluding hydrogens is 575 g/mol. The number of rotatable bonds is 5. The number of anilines is 3. The zero-order chi connectivity index (χ0) is 30.5. The molecule has 46 heavy (non-hydrogen) atoms. The predicted molar refractivity (Wildman–Crippen MR) is 200 cm³/mol. The highest BCUT2D eigenvalue weighted by Gasteiger charge is 2.15. The number of hydrogen-bond donors (Lipinski definition) is 0. The average molecular weight is 604 g/mol. The molecule has 0 saturated heterocycles. The minimum Gasteiger partial charge on any atom is -0.310 e. The van der Waals surface area contributed by atoms with Crippen LogP contribution < -0.4 is 4.90 Å². The Bertz CT molecular complexity index is 2530. The Morgan fingerprint density at radius 1 is 0.304 bits per heavy atom. The number of hydrogen-bond acceptors (Lipinski definition) is 2. The maximum Gasteiger partial charge on any atom is 0.0468 e. The highest BCUT2D eigenvalue weighted by molar-refractivity contribution is 7.25. The minimum absolute atomic E-state index is 1.14. The van der Waals surface area contributed by atoms with Crippen LogP contribution in [-0.4, -0.2) is 0 Å². The molecule has 0 fully saturated rings. The monoisotopic (exact) mass is 603 g/mol. The fourth-order valence-electron chi connectivity index (χ4n) is 6.65. The number of benzene rings is 8. The first kappa shape index (κ1) is 26.7. The first-order valence-electron chi connectivity index (χ1n) is 15.7. The van der Waals surface area contributed by atoms with Gasteiger partial charge in [0, 0.05) is 37.2 Å². The van der Waals surface area contributed by atoms with Crippen LogP contribution in [0.4, 0.5) is 17.1 Å². The molecule has 8 aromatic carbocycles. The molecular formula is C44H29NS. The minimum atomic E-state index is 1.14. The molecule has 0 N–H and O–H groups in total. The van der Waals surface area contributed by atoms with Gasteiger partial charge >= 0.3 is 0 Å². The molecule has 0 spiro atoms. The third-order valence-corrected chi connectivity index (χ3v) is 10.2. The van der Waals surface area contributed by atoms with E-state index in [-0.39, 0.29) is 0 Å². The normalized spacial score (nSPS) is 11.5. The number of thiophene rings is 1. The fraction of sp³-hybridized carbons (Fsp3) is 0. The van der Waals surface area contributed by atoms with E-state index in [0.717, 1.165) is 17.1 Å². The van der Waals surface area contributed by atoms with Crippen LogP contribution in [0.25, 0.3) is 64.0 Å². The van der Waals surface area contributed by atoms with Gasteiger partial charge in [0.25, 0.3) is 0 Å². The summed E-state index contributed by atoms with van der Waals surface area (Å²) in [5, 5.41) is 7.60. The number of nitrogens with zero attached hydrogens (tertiary/aromatic N) is 1. The van der Waals surface area contributed by atoms with E-state index in [0.29, 0.717) is 0 Å². The predicted octanol–water partition coefficient (Wildman–Crippen LogP) is 13.2. The first-order valence-corrected chi connectivity index (χ1v) is 16.5. The van der Waals surface area contributed by atoms with Crippen molar-refractivity contribution in [1.82, 2.24) is 0 Å². The Balaban J connectivity index is 1.07. The lowest BCUT2D eigenvalue weighted by Crippen LogP contribution is -2.09. The summed E-state index contributed by atoms with van der Waals surface area (Å²) >= 11 is 1.86. The molecule has 9 aromatic rings. The standard InChI is InChI=1S/C44H29NS/c1-2-10-38(11-3-1)45(40-24-25-44-42(29-40)41-12-6-7-13-43(41)46-44)39-23-22-36-27-35(20-21-37(36)28-39)32-16-14-31(15-17-32)34-19-18-30-8-4-5-9-33(30)26-34/h1-29H. The molecule has 216 valence electrons. The van der Waals surface area contributed by atoms with Gasteiger partial charge in [-0.25, -0.2) is 0 Å². The third kappa shape index (κ3) is 4.72. The zero-order valence-electron chi connectivity index (χ0n) is 25.1. The van der Waals surface area contributed by atoms with E-state index >= 15 is 0 Å². The number of fused-ring (bicyclic) bond motifs is 5. The number of para-hydroxylation sites is 1. The zero-order valence-corrected chi connectivity index (χ0v) is 25.9. The maximum atomic E-state index is 2.37. The van der Waals surface area contributed by atoms with E-state index in [1.165, 1.54) is 64.0 Å². The molecule has 0 bridgehead atoms. The van der Waals surface area contributed by atoms with Crippen LogP contribution in [0.5, 0.6) is 0 Å². The summed E-state index contributed by atoms with van der Waals surface area (Å²) in [6, 6.07) is 64.0. The van der Waals surface area contributed by atoms with Crippen molar-refractivity contribution in [2.75, 3.05) is 4.90 Å².